The minimum atomic E-state index is -0.621. The van der Waals surface area contributed by atoms with E-state index in [1.807, 2.05) is 4.90 Å². The van der Waals surface area contributed by atoms with Gasteiger partial charge in [-0.2, -0.15) is 0 Å². The number of carbonyl (C=O) groups excluding carboxylic acids is 3. The molecule has 2 aliphatic heterocycles. The largest absolute Gasteiger partial charge is 0.484 e. The van der Waals surface area contributed by atoms with Gasteiger partial charge < -0.3 is 25.0 Å². The summed E-state index contributed by atoms with van der Waals surface area (Å²) in [6, 6.07) is 5.97. The van der Waals surface area contributed by atoms with Crippen molar-refractivity contribution < 1.29 is 23.9 Å². The van der Waals surface area contributed by atoms with Crippen molar-refractivity contribution in [1.82, 2.24) is 15.5 Å². The summed E-state index contributed by atoms with van der Waals surface area (Å²) < 4.78 is 10.5. The van der Waals surface area contributed by atoms with Gasteiger partial charge in [-0.05, 0) is 37.5 Å². The van der Waals surface area contributed by atoms with Crippen LogP contribution >= 0.6 is 0 Å². The molecule has 2 aliphatic rings. The Bertz CT molecular complexity index is 795. The molecular weight excluding hydrogens is 374 g/mol. The van der Waals surface area contributed by atoms with Crippen LogP contribution in [0.15, 0.2) is 35.5 Å². The first-order chi connectivity index (χ1) is 14.0. The first kappa shape index (κ1) is 20.7. The number of carbonyl (C=O) groups is 3. The van der Waals surface area contributed by atoms with Gasteiger partial charge in [-0.3, -0.25) is 4.79 Å². The van der Waals surface area contributed by atoms with E-state index in [0.717, 1.165) is 25.9 Å². The molecule has 0 aromatic heterocycles. The van der Waals surface area contributed by atoms with Crippen LogP contribution in [0.2, 0.25) is 0 Å². The molecule has 156 valence electrons. The maximum Gasteiger partial charge on any atom is 0.337 e. The molecule has 0 unspecified atom stereocenters. The Morgan fingerprint density at radius 2 is 1.76 bits per heavy atom. The molecule has 0 bridgehead atoms. The predicted octanol–water partition coefficient (Wildman–Crippen LogP) is 2.27. The molecule has 2 heterocycles. The fourth-order valence-electron chi connectivity index (χ4n) is 3.64. The number of likely N-dealkylation sites (tertiary alicyclic amines) is 1. The fourth-order valence-corrected chi connectivity index (χ4v) is 3.64. The van der Waals surface area contributed by atoms with Crippen LogP contribution in [0.25, 0.3) is 0 Å². The fraction of sp³-hybridized carbons (Fsp3) is 0.476. The van der Waals surface area contributed by atoms with E-state index in [1.54, 1.807) is 31.2 Å². The number of amides is 3. The number of urea groups is 1. The zero-order valence-corrected chi connectivity index (χ0v) is 16.8. The van der Waals surface area contributed by atoms with Gasteiger partial charge in [-0.1, -0.05) is 25.0 Å². The summed E-state index contributed by atoms with van der Waals surface area (Å²) in [5, 5.41) is 5.32. The van der Waals surface area contributed by atoms with E-state index < -0.39 is 12.0 Å². The van der Waals surface area contributed by atoms with Crippen molar-refractivity contribution in [2.75, 3.05) is 26.8 Å². The number of rotatable bonds is 5. The second-order valence-electron chi connectivity index (χ2n) is 7.21. The van der Waals surface area contributed by atoms with Crippen LogP contribution in [-0.2, 0) is 14.3 Å². The molecule has 29 heavy (non-hydrogen) atoms. The van der Waals surface area contributed by atoms with Crippen molar-refractivity contribution in [3.8, 4) is 5.75 Å². The van der Waals surface area contributed by atoms with Crippen LogP contribution in [0.4, 0.5) is 4.79 Å². The summed E-state index contributed by atoms with van der Waals surface area (Å²) in [4.78, 5) is 38.2. The van der Waals surface area contributed by atoms with Crippen molar-refractivity contribution in [2.45, 2.75) is 38.6 Å². The maximum absolute atomic E-state index is 12.4. The van der Waals surface area contributed by atoms with Crippen molar-refractivity contribution >= 4 is 17.9 Å². The van der Waals surface area contributed by atoms with Gasteiger partial charge >= 0.3 is 12.0 Å². The highest BCUT2D eigenvalue weighted by Gasteiger charge is 2.31. The van der Waals surface area contributed by atoms with E-state index in [1.165, 1.54) is 20.0 Å². The Morgan fingerprint density at radius 1 is 1.10 bits per heavy atom. The lowest BCUT2D eigenvalue weighted by Gasteiger charge is -2.27. The molecule has 8 nitrogen and oxygen atoms in total. The molecule has 0 spiro atoms. The number of hydrogen-bond acceptors (Lipinski definition) is 5. The lowest BCUT2D eigenvalue weighted by molar-refractivity contribution is -0.136. The number of ether oxygens (including phenoxy) is 2. The third-order valence-electron chi connectivity index (χ3n) is 5.21. The number of allylic oxidation sites excluding steroid dienone is 1. The predicted molar refractivity (Wildman–Crippen MR) is 106 cm³/mol. The first-order valence-electron chi connectivity index (χ1n) is 9.86. The van der Waals surface area contributed by atoms with Crippen molar-refractivity contribution in [2.24, 2.45) is 0 Å². The molecule has 1 atom stereocenters. The third kappa shape index (κ3) is 5.07. The normalized spacial score (nSPS) is 19.7. The molecule has 0 saturated carbocycles. The van der Waals surface area contributed by atoms with Gasteiger partial charge in [0, 0.05) is 18.8 Å². The second-order valence-corrected chi connectivity index (χ2v) is 7.21. The zero-order chi connectivity index (χ0) is 20.8. The third-order valence-corrected chi connectivity index (χ3v) is 5.21. The summed E-state index contributed by atoms with van der Waals surface area (Å²) in [6.45, 7) is 3.23. The van der Waals surface area contributed by atoms with Crippen LogP contribution in [-0.4, -0.2) is 49.6 Å². The number of nitrogens with zero attached hydrogens (tertiary/aromatic N) is 1. The number of methoxy groups -OCH3 is 1. The van der Waals surface area contributed by atoms with E-state index in [0.29, 0.717) is 22.6 Å². The highest BCUT2D eigenvalue weighted by molar-refractivity contribution is 5.94. The van der Waals surface area contributed by atoms with Crippen molar-refractivity contribution in [1.29, 1.82) is 0 Å². The highest BCUT2D eigenvalue weighted by atomic mass is 16.5. The van der Waals surface area contributed by atoms with Crippen LogP contribution in [0.3, 0.4) is 0 Å². The lowest BCUT2D eigenvalue weighted by Crippen LogP contribution is -2.45. The molecular formula is C21H27N3O5. The number of esters is 1. The van der Waals surface area contributed by atoms with Gasteiger partial charge in [0.05, 0.1) is 18.7 Å². The summed E-state index contributed by atoms with van der Waals surface area (Å²) >= 11 is 0. The zero-order valence-electron chi connectivity index (χ0n) is 16.8. The molecule has 0 aliphatic carbocycles. The average Bonchev–Trinajstić information content (AvgIpc) is 3.01. The van der Waals surface area contributed by atoms with E-state index in [4.69, 9.17) is 9.47 Å². The number of hydrogen-bond donors (Lipinski definition) is 2. The minimum Gasteiger partial charge on any atom is -0.484 e. The Balaban J connectivity index is 1.66. The van der Waals surface area contributed by atoms with Gasteiger partial charge in [-0.25, -0.2) is 9.59 Å². The van der Waals surface area contributed by atoms with Crippen LogP contribution in [0.1, 0.15) is 44.2 Å². The van der Waals surface area contributed by atoms with Crippen LogP contribution in [0.5, 0.6) is 5.75 Å². The second kappa shape index (κ2) is 9.45. The average molecular weight is 401 g/mol. The SMILES string of the molecule is COC(=O)C1=C(C)NC(=O)N[C@H]1c1ccc(OCC(=O)N2CCCCCC2)cc1. The molecule has 3 amide bonds. The Hall–Kier alpha value is -3.03. The molecule has 1 fully saturated rings. The summed E-state index contributed by atoms with van der Waals surface area (Å²) in [6.07, 6.45) is 4.41. The summed E-state index contributed by atoms with van der Waals surface area (Å²) in [7, 11) is 1.30. The molecule has 8 heteroatoms. The van der Waals surface area contributed by atoms with Gasteiger partial charge in [0.25, 0.3) is 5.91 Å². The smallest absolute Gasteiger partial charge is 0.337 e. The van der Waals surface area contributed by atoms with E-state index in [-0.39, 0.29) is 18.5 Å². The topological polar surface area (TPSA) is 97.0 Å². The molecule has 1 aromatic carbocycles. The lowest BCUT2D eigenvalue weighted by atomic mass is 9.95. The standard InChI is InChI=1S/C21H27N3O5/c1-14-18(20(26)28-2)19(23-21(27)22-14)15-7-9-16(10-8-15)29-13-17(25)24-11-5-3-4-6-12-24/h7-10,19H,3-6,11-13H2,1-2H3,(H2,22,23,27)/t19-/m0/s1. The molecule has 0 radical (unpaired) electrons. The summed E-state index contributed by atoms with van der Waals surface area (Å²) in [5.41, 5.74) is 1.51. The minimum absolute atomic E-state index is 0.00411. The van der Waals surface area contributed by atoms with Gasteiger partial charge in [0.1, 0.15) is 5.75 Å². The number of nitrogens with one attached hydrogen (secondary N) is 2. The van der Waals surface area contributed by atoms with E-state index in [9.17, 15) is 14.4 Å². The first-order valence-corrected chi connectivity index (χ1v) is 9.86. The van der Waals surface area contributed by atoms with Crippen molar-refractivity contribution in [3.63, 3.8) is 0 Å². The van der Waals surface area contributed by atoms with Crippen molar-refractivity contribution in [3.05, 3.63) is 41.1 Å². The molecule has 1 aromatic rings. The monoisotopic (exact) mass is 401 g/mol. The van der Waals surface area contributed by atoms with Crippen LogP contribution < -0.4 is 15.4 Å². The Morgan fingerprint density at radius 3 is 2.38 bits per heavy atom. The van der Waals surface area contributed by atoms with Gasteiger partial charge in [0.2, 0.25) is 0 Å². The molecule has 2 N–H and O–H groups in total. The van der Waals surface area contributed by atoms with E-state index in [2.05, 4.69) is 10.6 Å². The summed E-state index contributed by atoms with van der Waals surface area (Å²) in [5.74, 6) is 0.0361. The quantitative estimate of drug-likeness (QED) is 0.738. The maximum atomic E-state index is 12.4. The Kier molecular flexibility index (Phi) is 6.74. The highest BCUT2D eigenvalue weighted by Crippen LogP contribution is 2.28. The Labute approximate surface area is 170 Å². The van der Waals surface area contributed by atoms with Gasteiger partial charge in [0.15, 0.2) is 6.61 Å². The molecule has 1 saturated heterocycles. The van der Waals surface area contributed by atoms with Gasteiger partial charge in [-0.15, -0.1) is 0 Å². The molecule has 3 rings (SSSR count). The number of benzene rings is 1. The van der Waals surface area contributed by atoms with E-state index >= 15 is 0 Å². The van der Waals surface area contributed by atoms with Crippen LogP contribution in [0, 0.1) is 0 Å².